The molecule has 0 bridgehead atoms. The highest BCUT2D eigenvalue weighted by atomic mass is 32.2. The van der Waals surface area contributed by atoms with Crippen molar-refractivity contribution < 1.29 is 8.42 Å². The summed E-state index contributed by atoms with van der Waals surface area (Å²) in [5.41, 5.74) is 0. The Morgan fingerprint density at radius 3 is 2.95 bits per heavy atom. The molecule has 0 aliphatic carbocycles. The Hall–Kier alpha value is -0.430. The molecular weight excluding hydrogens is 280 g/mol. The van der Waals surface area contributed by atoms with Crippen LogP contribution in [0.5, 0.6) is 0 Å². The van der Waals surface area contributed by atoms with Gasteiger partial charge in [0.05, 0.1) is 4.90 Å². The minimum Gasteiger partial charge on any atom is -0.312 e. The molecule has 0 saturated carbocycles. The van der Waals surface area contributed by atoms with Gasteiger partial charge in [-0.3, -0.25) is 0 Å². The van der Waals surface area contributed by atoms with Gasteiger partial charge in [0.2, 0.25) is 10.0 Å². The molecule has 1 aromatic rings. The molecular formula is C13H22N2O2S2. The lowest BCUT2D eigenvalue weighted by molar-refractivity contribution is 0.408. The predicted molar refractivity (Wildman–Crippen MR) is 78.9 cm³/mol. The van der Waals surface area contributed by atoms with Crippen molar-refractivity contribution in [2.75, 3.05) is 13.1 Å². The molecule has 0 spiro atoms. The molecule has 1 aliphatic rings. The molecule has 1 aliphatic heterocycles. The third kappa shape index (κ3) is 3.37. The van der Waals surface area contributed by atoms with E-state index in [0.717, 1.165) is 37.2 Å². The van der Waals surface area contributed by atoms with Gasteiger partial charge >= 0.3 is 0 Å². The van der Waals surface area contributed by atoms with E-state index in [2.05, 4.69) is 12.2 Å². The number of nitrogens with one attached hydrogen (secondary N) is 1. The number of nitrogens with zero attached hydrogens (tertiary/aromatic N) is 1. The first-order chi connectivity index (χ1) is 9.05. The van der Waals surface area contributed by atoms with Crippen LogP contribution in [-0.4, -0.2) is 31.9 Å². The lowest BCUT2D eigenvalue weighted by Crippen LogP contribution is -2.33. The van der Waals surface area contributed by atoms with Crippen LogP contribution in [0.25, 0.3) is 0 Å². The van der Waals surface area contributed by atoms with Gasteiger partial charge in [-0.05, 0) is 38.8 Å². The van der Waals surface area contributed by atoms with Crippen LogP contribution in [-0.2, 0) is 16.6 Å². The average molecular weight is 302 g/mol. The third-order valence-corrected chi connectivity index (χ3v) is 6.53. The van der Waals surface area contributed by atoms with Crippen LogP contribution >= 0.6 is 11.3 Å². The van der Waals surface area contributed by atoms with Gasteiger partial charge in [0.15, 0.2) is 0 Å². The van der Waals surface area contributed by atoms with Crippen molar-refractivity contribution in [2.45, 2.75) is 50.6 Å². The summed E-state index contributed by atoms with van der Waals surface area (Å²) in [5.74, 6) is 0. The van der Waals surface area contributed by atoms with E-state index in [9.17, 15) is 8.42 Å². The maximum atomic E-state index is 12.5. The summed E-state index contributed by atoms with van der Waals surface area (Å²) in [6.07, 6.45) is 3.02. The fraction of sp³-hybridized carbons (Fsp3) is 0.692. The van der Waals surface area contributed by atoms with Gasteiger partial charge in [-0.15, -0.1) is 11.3 Å². The molecule has 19 heavy (non-hydrogen) atoms. The maximum absolute atomic E-state index is 12.5. The quantitative estimate of drug-likeness (QED) is 0.821. The van der Waals surface area contributed by atoms with E-state index < -0.39 is 10.0 Å². The molecule has 2 rings (SSSR count). The minimum atomic E-state index is -3.28. The van der Waals surface area contributed by atoms with E-state index in [1.807, 2.05) is 13.0 Å². The highest BCUT2D eigenvalue weighted by Crippen LogP contribution is 2.28. The summed E-state index contributed by atoms with van der Waals surface area (Å²) >= 11 is 1.52. The largest absolute Gasteiger partial charge is 0.312 e. The number of hydrogen-bond donors (Lipinski definition) is 1. The smallest absolute Gasteiger partial charge is 0.244 e. The summed E-state index contributed by atoms with van der Waals surface area (Å²) in [6, 6.07) is 1.94. The number of hydrogen-bond acceptors (Lipinski definition) is 4. The van der Waals surface area contributed by atoms with E-state index >= 15 is 0 Å². The monoisotopic (exact) mass is 302 g/mol. The Morgan fingerprint density at radius 1 is 1.53 bits per heavy atom. The van der Waals surface area contributed by atoms with E-state index in [-0.39, 0.29) is 6.04 Å². The summed E-state index contributed by atoms with van der Waals surface area (Å²) in [4.78, 5) is 1.54. The third-order valence-electron chi connectivity index (χ3n) is 3.45. The summed E-state index contributed by atoms with van der Waals surface area (Å²) in [7, 11) is -3.28. The summed E-state index contributed by atoms with van der Waals surface area (Å²) < 4.78 is 26.6. The van der Waals surface area contributed by atoms with E-state index in [1.54, 1.807) is 9.69 Å². The SMILES string of the molecule is CCCNCc1cc(S(=O)(=O)N2CCCC2C)cs1. The zero-order valence-electron chi connectivity index (χ0n) is 11.6. The Balaban J connectivity index is 2.08. The van der Waals surface area contributed by atoms with Crippen LogP contribution < -0.4 is 5.32 Å². The van der Waals surface area contributed by atoms with E-state index in [4.69, 9.17) is 0 Å². The topological polar surface area (TPSA) is 49.4 Å². The van der Waals surface area contributed by atoms with Crippen molar-refractivity contribution >= 4 is 21.4 Å². The zero-order valence-corrected chi connectivity index (χ0v) is 13.2. The van der Waals surface area contributed by atoms with Crippen LogP contribution in [0.3, 0.4) is 0 Å². The van der Waals surface area contributed by atoms with Crippen LogP contribution in [0, 0.1) is 0 Å². The van der Waals surface area contributed by atoms with Crippen LogP contribution in [0.1, 0.15) is 38.0 Å². The highest BCUT2D eigenvalue weighted by Gasteiger charge is 2.33. The van der Waals surface area contributed by atoms with Crippen molar-refractivity contribution in [3.63, 3.8) is 0 Å². The molecule has 1 saturated heterocycles. The number of rotatable bonds is 6. The van der Waals surface area contributed by atoms with Gasteiger partial charge in [-0.25, -0.2) is 8.42 Å². The molecule has 108 valence electrons. The maximum Gasteiger partial charge on any atom is 0.244 e. The molecule has 1 unspecified atom stereocenters. The van der Waals surface area contributed by atoms with Crippen LogP contribution in [0.15, 0.2) is 16.3 Å². The number of sulfonamides is 1. The van der Waals surface area contributed by atoms with Gasteiger partial charge in [-0.1, -0.05) is 6.92 Å². The molecule has 2 heterocycles. The molecule has 4 nitrogen and oxygen atoms in total. The lowest BCUT2D eigenvalue weighted by Gasteiger charge is -2.19. The normalized spacial score (nSPS) is 21.1. The molecule has 1 atom stereocenters. The molecule has 6 heteroatoms. The van der Waals surface area contributed by atoms with Gasteiger partial charge in [-0.2, -0.15) is 4.31 Å². The van der Waals surface area contributed by atoms with Gasteiger partial charge < -0.3 is 5.32 Å². The van der Waals surface area contributed by atoms with Gasteiger partial charge in [0, 0.05) is 29.4 Å². The molecule has 0 aromatic carbocycles. The van der Waals surface area contributed by atoms with Crippen molar-refractivity contribution in [3.05, 3.63) is 16.3 Å². The summed E-state index contributed by atoms with van der Waals surface area (Å²) in [5, 5.41) is 5.06. The molecule has 0 amide bonds. The van der Waals surface area contributed by atoms with Crippen molar-refractivity contribution in [2.24, 2.45) is 0 Å². The van der Waals surface area contributed by atoms with Crippen molar-refractivity contribution in [1.29, 1.82) is 0 Å². The van der Waals surface area contributed by atoms with E-state index in [0.29, 0.717) is 11.4 Å². The first-order valence-corrected chi connectivity index (χ1v) is 9.17. The Kier molecular flexibility index (Phi) is 5.00. The van der Waals surface area contributed by atoms with E-state index in [1.165, 1.54) is 11.3 Å². The lowest BCUT2D eigenvalue weighted by atomic mass is 10.3. The molecule has 1 N–H and O–H groups in total. The first kappa shape index (κ1) is 15.0. The predicted octanol–water partition coefficient (Wildman–Crippen LogP) is 2.42. The summed E-state index contributed by atoms with van der Waals surface area (Å²) in [6.45, 7) is 6.47. The van der Waals surface area contributed by atoms with Gasteiger partial charge in [0.25, 0.3) is 0 Å². The minimum absolute atomic E-state index is 0.131. The number of thiophene rings is 1. The zero-order chi connectivity index (χ0) is 13.9. The molecule has 1 aromatic heterocycles. The standard InChI is InChI=1S/C13H22N2O2S2/c1-3-6-14-9-12-8-13(10-18-12)19(16,17)15-7-4-5-11(15)2/h8,10-11,14H,3-7,9H2,1-2H3. The van der Waals surface area contributed by atoms with Crippen molar-refractivity contribution in [1.82, 2.24) is 9.62 Å². The fourth-order valence-electron chi connectivity index (χ4n) is 2.38. The van der Waals surface area contributed by atoms with Gasteiger partial charge in [0.1, 0.15) is 0 Å². The Bertz CT molecular complexity index is 510. The average Bonchev–Trinajstić information content (AvgIpc) is 2.98. The second-order valence-electron chi connectivity index (χ2n) is 5.03. The van der Waals surface area contributed by atoms with Crippen LogP contribution in [0.4, 0.5) is 0 Å². The second kappa shape index (κ2) is 6.35. The molecule has 1 fully saturated rings. The van der Waals surface area contributed by atoms with Crippen molar-refractivity contribution in [3.8, 4) is 0 Å². The van der Waals surface area contributed by atoms with Crippen LogP contribution in [0.2, 0.25) is 0 Å². The highest BCUT2D eigenvalue weighted by molar-refractivity contribution is 7.89. The molecule has 0 radical (unpaired) electrons. The Morgan fingerprint density at radius 2 is 2.32 bits per heavy atom. The second-order valence-corrected chi connectivity index (χ2v) is 7.92. The first-order valence-electron chi connectivity index (χ1n) is 6.85. The fourth-order valence-corrected chi connectivity index (χ4v) is 5.31. The Labute approximate surface area is 119 Å².